The zero-order valence-corrected chi connectivity index (χ0v) is 11.1. The molecule has 0 atom stereocenters. The largest absolute Gasteiger partial charge is 0.454 e. The van der Waals surface area contributed by atoms with Crippen LogP contribution in [-0.4, -0.2) is 11.8 Å². The third-order valence-electron chi connectivity index (χ3n) is 2.67. The number of pyridine rings is 1. The molecule has 0 radical (unpaired) electrons. The number of benzene rings is 1. The van der Waals surface area contributed by atoms with E-state index in [0.717, 1.165) is 27.2 Å². The van der Waals surface area contributed by atoms with Crippen LogP contribution in [0.1, 0.15) is 5.56 Å². The quantitative estimate of drug-likeness (QED) is 0.946. The van der Waals surface area contributed by atoms with Crippen LogP contribution < -0.4 is 14.8 Å². The number of rotatable bonds is 3. The molecule has 3 rings (SSSR count). The minimum absolute atomic E-state index is 0.296. The Balaban J connectivity index is 1.76. The van der Waals surface area contributed by atoms with Crippen LogP contribution in [0.3, 0.4) is 0 Å². The zero-order chi connectivity index (χ0) is 12.4. The minimum Gasteiger partial charge on any atom is -0.454 e. The van der Waals surface area contributed by atoms with Gasteiger partial charge in [0.05, 0.1) is 11.9 Å². The van der Waals surface area contributed by atoms with Crippen molar-refractivity contribution in [2.45, 2.75) is 6.54 Å². The first-order valence-corrected chi connectivity index (χ1v) is 6.34. The Morgan fingerprint density at radius 3 is 3.11 bits per heavy atom. The Morgan fingerprint density at radius 2 is 2.22 bits per heavy atom. The summed E-state index contributed by atoms with van der Waals surface area (Å²) in [6.07, 6.45) is 3.54. The monoisotopic (exact) mass is 306 g/mol. The van der Waals surface area contributed by atoms with Gasteiger partial charge < -0.3 is 14.8 Å². The topological polar surface area (TPSA) is 43.4 Å². The summed E-state index contributed by atoms with van der Waals surface area (Å²) in [5.41, 5.74) is 2.03. The molecule has 1 N–H and O–H groups in total. The number of hydrogen-bond donors (Lipinski definition) is 1. The highest BCUT2D eigenvalue weighted by Gasteiger charge is 2.16. The smallest absolute Gasteiger partial charge is 0.231 e. The summed E-state index contributed by atoms with van der Waals surface area (Å²) in [6.45, 7) is 0.968. The highest BCUT2D eigenvalue weighted by atomic mass is 79.9. The van der Waals surface area contributed by atoms with Gasteiger partial charge in [-0.2, -0.15) is 0 Å². The first kappa shape index (κ1) is 11.3. The van der Waals surface area contributed by atoms with Crippen LogP contribution in [0.2, 0.25) is 0 Å². The third kappa shape index (κ3) is 2.26. The molecule has 0 aliphatic carbocycles. The Labute approximate surface area is 113 Å². The molecule has 0 unspecified atom stereocenters. The van der Waals surface area contributed by atoms with Gasteiger partial charge in [-0.05, 0) is 28.1 Å². The Bertz CT molecular complexity index is 575. The lowest BCUT2D eigenvalue weighted by Crippen LogP contribution is -2.01. The van der Waals surface area contributed by atoms with Gasteiger partial charge in [0.25, 0.3) is 0 Å². The van der Waals surface area contributed by atoms with Crippen LogP contribution in [0, 0.1) is 0 Å². The number of nitrogens with zero attached hydrogens (tertiary/aromatic N) is 1. The molecule has 1 aromatic heterocycles. The Kier molecular flexibility index (Phi) is 3.06. The van der Waals surface area contributed by atoms with Crippen molar-refractivity contribution in [3.05, 3.63) is 46.7 Å². The van der Waals surface area contributed by atoms with E-state index in [-0.39, 0.29) is 0 Å². The fraction of sp³-hybridized carbons (Fsp3) is 0.154. The van der Waals surface area contributed by atoms with Gasteiger partial charge in [0.15, 0.2) is 11.5 Å². The van der Waals surface area contributed by atoms with E-state index in [9.17, 15) is 0 Å². The van der Waals surface area contributed by atoms with Gasteiger partial charge in [0.2, 0.25) is 6.79 Å². The van der Waals surface area contributed by atoms with E-state index >= 15 is 0 Å². The molecule has 0 spiro atoms. The molecule has 1 aromatic carbocycles. The number of aromatic nitrogens is 1. The van der Waals surface area contributed by atoms with Gasteiger partial charge in [-0.3, -0.25) is 4.98 Å². The maximum Gasteiger partial charge on any atom is 0.231 e. The maximum atomic E-state index is 5.45. The molecule has 92 valence electrons. The molecule has 0 fully saturated rings. The lowest BCUT2D eigenvalue weighted by molar-refractivity contribution is 0.173. The van der Waals surface area contributed by atoms with E-state index in [1.165, 1.54) is 0 Å². The third-order valence-corrected chi connectivity index (χ3v) is 3.10. The van der Waals surface area contributed by atoms with Gasteiger partial charge >= 0.3 is 0 Å². The second kappa shape index (κ2) is 4.86. The molecule has 2 heterocycles. The zero-order valence-electron chi connectivity index (χ0n) is 9.52. The summed E-state index contributed by atoms with van der Waals surface area (Å²) in [5.74, 6) is 1.63. The van der Waals surface area contributed by atoms with Crippen molar-refractivity contribution in [1.82, 2.24) is 4.98 Å². The minimum atomic E-state index is 0.296. The summed E-state index contributed by atoms with van der Waals surface area (Å²) >= 11 is 3.39. The van der Waals surface area contributed by atoms with Crippen molar-refractivity contribution < 1.29 is 9.47 Å². The van der Waals surface area contributed by atoms with Crippen molar-refractivity contribution in [1.29, 1.82) is 0 Å². The average molecular weight is 307 g/mol. The normalized spacial score (nSPS) is 12.5. The summed E-state index contributed by atoms with van der Waals surface area (Å²) in [5, 5.41) is 3.30. The summed E-state index contributed by atoms with van der Waals surface area (Å²) in [7, 11) is 0. The standard InChI is InChI=1S/C13H11BrN2O2/c14-10-4-11(7-15-6-10)16-5-9-2-1-3-12-13(9)18-8-17-12/h1-4,6-7,16H,5,8H2. The predicted octanol–water partition coefficient (Wildman–Crippen LogP) is 3.18. The molecular formula is C13H11BrN2O2. The number of nitrogens with one attached hydrogen (secondary N) is 1. The lowest BCUT2D eigenvalue weighted by atomic mass is 10.2. The molecule has 0 amide bonds. The predicted molar refractivity (Wildman–Crippen MR) is 71.8 cm³/mol. The number of anilines is 1. The number of para-hydroxylation sites is 1. The van der Waals surface area contributed by atoms with Crippen LogP contribution in [0.5, 0.6) is 11.5 Å². The first-order valence-electron chi connectivity index (χ1n) is 5.55. The van der Waals surface area contributed by atoms with Crippen LogP contribution in [0.4, 0.5) is 5.69 Å². The second-order valence-electron chi connectivity index (χ2n) is 3.90. The fourth-order valence-corrected chi connectivity index (χ4v) is 2.20. The van der Waals surface area contributed by atoms with Gasteiger partial charge in [-0.25, -0.2) is 0 Å². The Hall–Kier alpha value is -1.75. The van der Waals surface area contributed by atoms with Crippen molar-refractivity contribution in [2.24, 2.45) is 0 Å². The average Bonchev–Trinajstić information content (AvgIpc) is 2.85. The van der Waals surface area contributed by atoms with Crippen LogP contribution in [0.15, 0.2) is 41.1 Å². The molecule has 2 aromatic rings. The van der Waals surface area contributed by atoms with Crippen LogP contribution in [0.25, 0.3) is 0 Å². The number of fused-ring (bicyclic) bond motifs is 1. The summed E-state index contributed by atoms with van der Waals surface area (Å²) < 4.78 is 11.7. The molecule has 0 saturated heterocycles. The molecule has 0 bridgehead atoms. The van der Waals surface area contributed by atoms with Gasteiger partial charge in [-0.15, -0.1) is 0 Å². The van der Waals surface area contributed by atoms with Crippen LogP contribution in [-0.2, 0) is 6.54 Å². The highest BCUT2D eigenvalue weighted by Crippen LogP contribution is 2.35. The molecule has 1 aliphatic heterocycles. The van der Waals surface area contributed by atoms with E-state index < -0.39 is 0 Å². The van der Waals surface area contributed by atoms with Gasteiger partial charge in [0, 0.05) is 22.8 Å². The van der Waals surface area contributed by atoms with Crippen molar-refractivity contribution >= 4 is 21.6 Å². The highest BCUT2D eigenvalue weighted by molar-refractivity contribution is 9.10. The maximum absolute atomic E-state index is 5.45. The van der Waals surface area contributed by atoms with Crippen LogP contribution >= 0.6 is 15.9 Å². The second-order valence-corrected chi connectivity index (χ2v) is 4.81. The van der Waals surface area contributed by atoms with E-state index in [1.54, 1.807) is 12.4 Å². The van der Waals surface area contributed by atoms with Crippen molar-refractivity contribution in [3.63, 3.8) is 0 Å². The van der Waals surface area contributed by atoms with E-state index in [4.69, 9.17) is 9.47 Å². The van der Waals surface area contributed by atoms with Crippen molar-refractivity contribution in [3.8, 4) is 11.5 Å². The summed E-state index contributed by atoms with van der Waals surface area (Å²) in [4.78, 5) is 4.10. The summed E-state index contributed by atoms with van der Waals surface area (Å²) in [6, 6.07) is 7.87. The molecule has 0 saturated carbocycles. The lowest BCUT2D eigenvalue weighted by Gasteiger charge is -2.08. The molecule has 1 aliphatic rings. The number of hydrogen-bond acceptors (Lipinski definition) is 4. The molecular weight excluding hydrogens is 296 g/mol. The van der Waals surface area contributed by atoms with E-state index in [2.05, 4.69) is 26.2 Å². The molecule has 18 heavy (non-hydrogen) atoms. The number of ether oxygens (including phenoxy) is 2. The van der Waals surface area contributed by atoms with Crippen molar-refractivity contribution in [2.75, 3.05) is 12.1 Å². The number of halogens is 1. The van der Waals surface area contributed by atoms with E-state index in [0.29, 0.717) is 13.3 Å². The molecule has 5 heteroatoms. The van der Waals surface area contributed by atoms with Gasteiger partial charge in [-0.1, -0.05) is 12.1 Å². The molecule has 4 nitrogen and oxygen atoms in total. The van der Waals surface area contributed by atoms with E-state index in [1.807, 2.05) is 24.3 Å². The first-order chi connectivity index (χ1) is 8.83. The Morgan fingerprint density at radius 1 is 1.28 bits per heavy atom. The van der Waals surface area contributed by atoms with Gasteiger partial charge in [0.1, 0.15) is 0 Å². The fourth-order valence-electron chi connectivity index (χ4n) is 1.84. The SMILES string of the molecule is Brc1cncc(NCc2cccc3c2OCO3)c1.